The molecule has 1 fully saturated rings. The summed E-state index contributed by atoms with van der Waals surface area (Å²) in [6, 6.07) is 10.9. The minimum Gasteiger partial charge on any atom is -0.369 e. The molecule has 1 saturated heterocycles. The van der Waals surface area contributed by atoms with Gasteiger partial charge in [0.1, 0.15) is 5.82 Å². The number of rotatable bonds is 5. The summed E-state index contributed by atoms with van der Waals surface area (Å²) in [5.74, 6) is 1.20. The van der Waals surface area contributed by atoms with E-state index in [-0.39, 0.29) is 5.41 Å². The number of aromatic nitrogens is 2. The lowest BCUT2D eigenvalue weighted by atomic mass is 9.72. The maximum Gasteiger partial charge on any atom is 0.221 e. The second-order valence-corrected chi connectivity index (χ2v) is 6.76. The van der Waals surface area contributed by atoms with Crippen LogP contribution in [0, 0.1) is 0 Å². The van der Waals surface area contributed by atoms with Gasteiger partial charge in [-0.05, 0) is 45.0 Å². The van der Waals surface area contributed by atoms with Crippen molar-refractivity contribution in [3.63, 3.8) is 0 Å². The first-order valence-electron chi connectivity index (χ1n) is 8.72. The molecule has 0 amide bonds. The van der Waals surface area contributed by atoms with Crippen LogP contribution in [0.4, 0.5) is 11.8 Å². The van der Waals surface area contributed by atoms with Gasteiger partial charge >= 0.3 is 0 Å². The molecule has 1 aliphatic heterocycles. The Kier molecular flexibility index (Phi) is 5.00. The van der Waals surface area contributed by atoms with Gasteiger partial charge in [0.2, 0.25) is 5.95 Å². The minimum absolute atomic E-state index is 0.137. The van der Waals surface area contributed by atoms with Gasteiger partial charge < -0.3 is 16.0 Å². The molecule has 0 atom stereocenters. The number of likely N-dealkylation sites (tertiary alicyclic amines) is 1. The van der Waals surface area contributed by atoms with Gasteiger partial charge in [-0.25, -0.2) is 4.98 Å². The number of nitrogens with zero attached hydrogens (tertiary/aromatic N) is 3. The number of hydrogen-bond donors (Lipinski definition) is 2. The fourth-order valence-corrected chi connectivity index (χ4v) is 3.49. The maximum absolute atomic E-state index is 5.78. The molecular weight excluding hydrogens is 298 g/mol. The second kappa shape index (κ2) is 7.18. The van der Waals surface area contributed by atoms with Crippen molar-refractivity contribution in [1.29, 1.82) is 0 Å². The van der Waals surface area contributed by atoms with Crippen LogP contribution >= 0.6 is 0 Å². The number of hydrogen-bond acceptors (Lipinski definition) is 5. The van der Waals surface area contributed by atoms with E-state index in [1.54, 1.807) is 0 Å². The van der Waals surface area contributed by atoms with Crippen molar-refractivity contribution in [3.05, 3.63) is 47.7 Å². The number of benzene rings is 1. The van der Waals surface area contributed by atoms with Gasteiger partial charge in [0.25, 0.3) is 0 Å². The van der Waals surface area contributed by atoms with E-state index in [2.05, 4.69) is 64.5 Å². The second-order valence-electron chi connectivity index (χ2n) is 6.76. The fraction of sp³-hybridized carbons (Fsp3) is 0.474. The van der Waals surface area contributed by atoms with E-state index in [1.807, 2.05) is 6.20 Å². The van der Waals surface area contributed by atoms with E-state index in [9.17, 15) is 0 Å². The van der Waals surface area contributed by atoms with Gasteiger partial charge in [0.15, 0.2) is 0 Å². The molecule has 0 bridgehead atoms. The number of nitrogens with one attached hydrogen (secondary N) is 1. The van der Waals surface area contributed by atoms with Crippen molar-refractivity contribution in [2.24, 2.45) is 0 Å². The third-order valence-electron chi connectivity index (χ3n) is 5.19. The number of piperidine rings is 1. The molecule has 0 aliphatic carbocycles. The number of nitrogen functional groups attached to an aromatic ring is 1. The largest absolute Gasteiger partial charge is 0.369 e. The Bertz CT molecular complexity index is 663. The molecule has 3 rings (SSSR count). The van der Waals surface area contributed by atoms with E-state index in [0.29, 0.717) is 5.95 Å². The van der Waals surface area contributed by atoms with E-state index in [4.69, 9.17) is 5.73 Å². The van der Waals surface area contributed by atoms with Crippen LogP contribution < -0.4 is 11.1 Å². The van der Waals surface area contributed by atoms with Gasteiger partial charge in [0, 0.05) is 23.7 Å². The Morgan fingerprint density at radius 1 is 1.21 bits per heavy atom. The highest BCUT2D eigenvalue weighted by Crippen LogP contribution is 2.35. The van der Waals surface area contributed by atoms with Crippen LogP contribution in [0.25, 0.3) is 0 Å². The molecule has 2 aromatic rings. The lowest BCUT2D eigenvalue weighted by molar-refractivity contribution is 0.195. The highest BCUT2D eigenvalue weighted by molar-refractivity contribution is 5.47. The van der Waals surface area contributed by atoms with Crippen LogP contribution in [-0.2, 0) is 11.8 Å². The van der Waals surface area contributed by atoms with E-state index < -0.39 is 0 Å². The predicted molar refractivity (Wildman–Crippen MR) is 99.2 cm³/mol. The first-order chi connectivity index (χ1) is 11.6. The van der Waals surface area contributed by atoms with Crippen molar-refractivity contribution in [2.45, 2.75) is 31.6 Å². The number of aryl methyl sites for hydroxylation is 1. The first kappa shape index (κ1) is 16.7. The predicted octanol–water partition coefficient (Wildman–Crippen LogP) is 2.70. The molecule has 2 heterocycles. The minimum atomic E-state index is 0.137. The SMILES string of the molecule is CCc1cnc(N)nc1NCC1(c2ccccc2)CCN(C)CC1. The summed E-state index contributed by atoms with van der Waals surface area (Å²) in [7, 11) is 2.20. The normalized spacial score (nSPS) is 17.6. The summed E-state index contributed by atoms with van der Waals surface area (Å²) >= 11 is 0. The average Bonchev–Trinajstić information content (AvgIpc) is 2.62. The summed E-state index contributed by atoms with van der Waals surface area (Å²) in [5, 5.41) is 3.58. The quantitative estimate of drug-likeness (QED) is 0.885. The molecule has 5 heteroatoms. The van der Waals surface area contributed by atoms with Crippen LogP contribution in [0.3, 0.4) is 0 Å². The Morgan fingerprint density at radius 3 is 2.58 bits per heavy atom. The van der Waals surface area contributed by atoms with Gasteiger partial charge in [-0.3, -0.25) is 0 Å². The van der Waals surface area contributed by atoms with Crippen molar-refractivity contribution in [3.8, 4) is 0 Å². The summed E-state index contributed by atoms with van der Waals surface area (Å²) in [4.78, 5) is 10.9. The van der Waals surface area contributed by atoms with Crippen LogP contribution in [-0.4, -0.2) is 41.5 Å². The maximum atomic E-state index is 5.78. The lowest BCUT2D eigenvalue weighted by Gasteiger charge is -2.41. The van der Waals surface area contributed by atoms with Crippen molar-refractivity contribution in [2.75, 3.05) is 37.7 Å². The van der Waals surface area contributed by atoms with Crippen molar-refractivity contribution >= 4 is 11.8 Å². The van der Waals surface area contributed by atoms with E-state index >= 15 is 0 Å². The summed E-state index contributed by atoms with van der Waals surface area (Å²) < 4.78 is 0. The first-order valence-corrected chi connectivity index (χ1v) is 8.72. The van der Waals surface area contributed by atoms with E-state index in [1.165, 1.54) is 5.56 Å². The third kappa shape index (κ3) is 3.51. The van der Waals surface area contributed by atoms with Crippen LogP contribution in [0.5, 0.6) is 0 Å². The summed E-state index contributed by atoms with van der Waals surface area (Å²) in [6.07, 6.45) is 5.00. The Labute approximate surface area is 144 Å². The topological polar surface area (TPSA) is 67.1 Å². The van der Waals surface area contributed by atoms with Crippen molar-refractivity contribution in [1.82, 2.24) is 14.9 Å². The van der Waals surface area contributed by atoms with Crippen LogP contribution in [0.15, 0.2) is 36.5 Å². The molecule has 1 aliphatic rings. The van der Waals surface area contributed by atoms with Gasteiger partial charge in [-0.2, -0.15) is 4.98 Å². The number of anilines is 2. The molecule has 0 spiro atoms. The standard InChI is InChI=1S/C19H27N5/c1-3-15-13-21-18(20)23-17(15)22-14-19(9-11-24(2)12-10-19)16-7-5-4-6-8-16/h4-8,13H,3,9-12,14H2,1-2H3,(H3,20,21,22,23). The zero-order valence-corrected chi connectivity index (χ0v) is 14.6. The Morgan fingerprint density at radius 2 is 1.92 bits per heavy atom. The molecule has 1 aromatic carbocycles. The summed E-state index contributed by atoms with van der Waals surface area (Å²) in [5.41, 5.74) is 8.44. The monoisotopic (exact) mass is 325 g/mol. The highest BCUT2D eigenvalue weighted by atomic mass is 15.1. The Balaban J connectivity index is 1.84. The van der Waals surface area contributed by atoms with Crippen LogP contribution in [0.2, 0.25) is 0 Å². The highest BCUT2D eigenvalue weighted by Gasteiger charge is 2.35. The van der Waals surface area contributed by atoms with E-state index in [0.717, 1.165) is 50.3 Å². The molecule has 0 radical (unpaired) electrons. The molecule has 3 N–H and O–H groups in total. The zero-order valence-electron chi connectivity index (χ0n) is 14.6. The van der Waals surface area contributed by atoms with Crippen molar-refractivity contribution < 1.29 is 0 Å². The average molecular weight is 325 g/mol. The molecule has 0 saturated carbocycles. The molecular formula is C19H27N5. The fourth-order valence-electron chi connectivity index (χ4n) is 3.49. The summed E-state index contributed by atoms with van der Waals surface area (Å²) in [6.45, 7) is 5.21. The number of nitrogens with two attached hydrogens (primary N) is 1. The van der Waals surface area contributed by atoms with Gasteiger partial charge in [0.05, 0.1) is 0 Å². The molecule has 128 valence electrons. The Hall–Kier alpha value is -2.14. The molecule has 0 unspecified atom stereocenters. The van der Waals surface area contributed by atoms with Gasteiger partial charge in [-0.1, -0.05) is 37.3 Å². The molecule has 5 nitrogen and oxygen atoms in total. The zero-order chi connectivity index (χ0) is 17.0. The lowest BCUT2D eigenvalue weighted by Crippen LogP contribution is -2.45. The smallest absolute Gasteiger partial charge is 0.221 e. The molecule has 1 aromatic heterocycles. The van der Waals surface area contributed by atoms with Gasteiger partial charge in [-0.15, -0.1) is 0 Å². The van der Waals surface area contributed by atoms with Crippen LogP contribution in [0.1, 0.15) is 30.9 Å². The molecule has 24 heavy (non-hydrogen) atoms. The third-order valence-corrected chi connectivity index (χ3v) is 5.19.